The quantitative estimate of drug-likeness (QED) is 0.0623. The summed E-state index contributed by atoms with van der Waals surface area (Å²) in [7, 11) is 0. The number of rotatable bonds is 22. The van der Waals surface area contributed by atoms with Crippen LogP contribution in [0.1, 0.15) is 38.2 Å². The van der Waals surface area contributed by atoms with Crippen molar-refractivity contribution in [3.05, 3.63) is 215 Å². The van der Waals surface area contributed by atoms with Crippen LogP contribution >= 0.6 is 0 Å². The molecule has 6 aromatic rings. The van der Waals surface area contributed by atoms with Crippen molar-refractivity contribution in [1.29, 1.82) is 0 Å². The topological polar surface area (TPSA) is 90.9 Å². The number of esters is 1. The first-order valence-corrected chi connectivity index (χ1v) is 20.4. The van der Waals surface area contributed by atoms with Gasteiger partial charge in [0.15, 0.2) is 6.29 Å². The van der Waals surface area contributed by atoms with E-state index in [2.05, 4.69) is 0 Å². The third-order valence-electron chi connectivity index (χ3n) is 9.99. The molecule has 5 atom stereocenters. The summed E-state index contributed by atoms with van der Waals surface area (Å²) in [5, 5.41) is 0. The lowest BCUT2D eigenvalue weighted by Crippen LogP contribution is -2.62. The van der Waals surface area contributed by atoms with Gasteiger partial charge in [-0.1, -0.05) is 170 Å². The van der Waals surface area contributed by atoms with Crippen LogP contribution in [0, 0.1) is 0 Å². The second kappa shape index (κ2) is 23.3. The Kier molecular flexibility index (Phi) is 16.6. The van der Waals surface area contributed by atoms with E-state index in [1.165, 1.54) is 0 Å². The van der Waals surface area contributed by atoms with Crippen molar-refractivity contribution in [2.75, 3.05) is 19.8 Å². The summed E-state index contributed by atoms with van der Waals surface area (Å²) >= 11 is 0. The van der Waals surface area contributed by atoms with Crippen LogP contribution in [0.4, 0.5) is 0 Å². The van der Waals surface area contributed by atoms with Gasteiger partial charge in [0, 0.05) is 0 Å². The summed E-state index contributed by atoms with van der Waals surface area (Å²) in [6, 6.07) is 58.6. The van der Waals surface area contributed by atoms with Gasteiger partial charge in [-0.3, -0.25) is 0 Å². The SMILES string of the molecule is O=C(OC[C@H]1O[C@@H](OC(COCc2ccccc2)COCc2ccccc2)[C@H](OCc2ccccc2)[C@@H](OCc2ccccc2)[C@H]1OCc1ccccc1)c1ccccc1. The molecule has 0 amide bonds. The van der Waals surface area contributed by atoms with Crippen LogP contribution in [0.25, 0.3) is 0 Å². The Morgan fingerprint density at radius 1 is 0.450 bits per heavy atom. The Labute approximate surface area is 352 Å². The van der Waals surface area contributed by atoms with E-state index < -0.39 is 42.8 Å². The van der Waals surface area contributed by atoms with Gasteiger partial charge in [-0.15, -0.1) is 0 Å². The summed E-state index contributed by atoms with van der Waals surface area (Å²) in [6.07, 6.45) is -4.72. The zero-order chi connectivity index (χ0) is 41.0. The molecular weight excluding hydrogens is 757 g/mol. The van der Waals surface area contributed by atoms with Crippen molar-refractivity contribution in [1.82, 2.24) is 0 Å². The Hall–Kier alpha value is -5.49. The summed E-state index contributed by atoms with van der Waals surface area (Å²) in [5.74, 6) is -0.482. The molecule has 7 rings (SSSR count). The van der Waals surface area contributed by atoms with Crippen molar-refractivity contribution in [2.24, 2.45) is 0 Å². The predicted molar refractivity (Wildman–Crippen MR) is 228 cm³/mol. The highest BCUT2D eigenvalue weighted by atomic mass is 16.7. The molecular formula is C51H52O9. The van der Waals surface area contributed by atoms with Gasteiger partial charge in [0.2, 0.25) is 0 Å². The van der Waals surface area contributed by atoms with E-state index >= 15 is 0 Å². The summed E-state index contributed by atoms with van der Waals surface area (Å²) in [5.41, 5.74) is 5.40. The predicted octanol–water partition coefficient (Wildman–Crippen LogP) is 9.14. The van der Waals surface area contributed by atoms with Crippen molar-refractivity contribution in [2.45, 2.75) is 69.8 Å². The standard InChI is InChI=1S/C51H52O9/c52-50(44-29-17-6-18-30-44)58-38-46-47(55-33-41-23-11-3-12-24-41)48(56-34-42-25-13-4-14-26-42)49(57-35-43-27-15-5-16-28-43)51(60-46)59-45(36-53-31-39-19-7-1-8-20-39)37-54-32-40-21-9-2-10-22-40/h1-30,45-49,51H,31-38H2/t46-,47+,48+,49-,51-/m1/s1. The Bertz CT molecular complexity index is 2030. The first kappa shape index (κ1) is 42.6. The maximum absolute atomic E-state index is 13.4. The second-order valence-corrected chi connectivity index (χ2v) is 14.6. The molecule has 1 saturated heterocycles. The van der Waals surface area contributed by atoms with Gasteiger partial charge in [0.05, 0.1) is 51.8 Å². The van der Waals surface area contributed by atoms with Gasteiger partial charge in [0.25, 0.3) is 0 Å². The highest BCUT2D eigenvalue weighted by Gasteiger charge is 2.50. The van der Waals surface area contributed by atoms with E-state index in [0.29, 0.717) is 18.8 Å². The molecule has 6 aromatic carbocycles. The summed E-state index contributed by atoms with van der Waals surface area (Å²) < 4.78 is 52.7. The smallest absolute Gasteiger partial charge is 0.338 e. The summed E-state index contributed by atoms with van der Waals surface area (Å²) in [6.45, 7) is 1.79. The molecule has 0 unspecified atom stereocenters. The van der Waals surface area contributed by atoms with Crippen LogP contribution in [0.3, 0.4) is 0 Å². The lowest BCUT2D eigenvalue weighted by atomic mass is 9.97. The minimum atomic E-state index is -1.02. The fourth-order valence-corrected chi connectivity index (χ4v) is 6.89. The monoisotopic (exact) mass is 808 g/mol. The van der Waals surface area contributed by atoms with E-state index in [1.807, 2.05) is 158 Å². The van der Waals surface area contributed by atoms with Crippen LogP contribution in [0.15, 0.2) is 182 Å². The van der Waals surface area contributed by atoms with Crippen molar-refractivity contribution < 1.29 is 42.7 Å². The largest absolute Gasteiger partial charge is 0.459 e. The highest BCUT2D eigenvalue weighted by molar-refractivity contribution is 5.89. The fourth-order valence-electron chi connectivity index (χ4n) is 6.89. The lowest BCUT2D eigenvalue weighted by Gasteiger charge is -2.46. The van der Waals surface area contributed by atoms with E-state index in [-0.39, 0.29) is 39.6 Å². The molecule has 1 fully saturated rings. The average Bonchev–Trinajstić information content (AvgIpc) is 3.31. The Morgan fingerprint density at radius 3 is 1.25 bits per heavy atom. The molecule has 60 heavy (non-hydrogen) atoms. The van der Waals surface area contributed by atoms with Crippen molar-refractivity contribution >= 4 is 5.97 Å². The van der Waals surface area contributed by atoms with Crippen molar-refractivity contribution in [3.8, 4) is 0 Å². The van der Waals surface area contributed by atoms with Crippen molar-refractivity contribution in [3.63, 3.8) is 0 Å². The number of ether oxygens (including phenoxy) is 8. The first-order valence-electron chi connectivity index (χ1n) is 20.4. The average molecular weight is 809 g/mol. The molecule has 0 N–H and O–H groups in total. The minimum absolute atomic E-state index is 0.136. The van der Waals surface area contributed by atoms with Crippen LogP contribution < -0.4 is 0 Å². The molecule has 1 aliphatic heterocycles. The Morgan fingerprint density at radius 2 is 0.817 bits per heavy atom. The lowest BCUT2D eigenvalue weighted by molar-refractivity contribution is -0.338. The van der Waals surface area contributed by atoms with E-state index in [4.69, 9.17) is 37.9 Å². The highest BCUT2D eigenvalue weighted by Crippen LogP contribution is 2.32. The van der Waals surface area contributed by atoms with Crippen LogP contribution in [0.5, 0.6) is 0 Å². The molecule has 0 radical (unpaired) electrons. The number of carbonyl (C=O) groups is 1. The van der Waals surface area contributed by atoms with E-state index in [1.54, 1.807) is 24.3 Å². The van der Waals surface area contributed by atoms with E-state index in [0.717, 1.165) is 27.8 Å². The minimum Gasteiger partial charge on any atom is -0.459 e. The number of carbonyl (C=O) groups excluding carboxylic acids is 1. The first-order chi connectivity index (χ1) is 29.7. The number of benzene rings is 6. The fraction of sp³-hybridized carbons (Fsp3) is 0.275. The molecule has 1 aliphatic rings. The molecule has 0 spiro atoms. The maximum Gasteiger partial charge on any atom is 0.338 e. The number of hydrogen-bond donors (Lipinski definition) is 0. The van der Waals surface area contributed by atoms with Gasteiger partial charge in [0.1, 0.15) is 37.1 Å². The molecule has 1 heterocycles. The second-order valence-electron chi connectivity index (χ2n) is 14.6. The molecule has 0 saturated carbocycles. The molecule has 0 bridgehead atoms. The van der Waals surface area contributed by atoms with Crippen LogP contribution in [-0.2, 0) is 70.9 Å². The third-order valence-corrected chi connectivity index (χ3v) is 9.99. The van der Waals surface area contributed by atoms with Crippen LogP contribution in [0.2, 0.25) is 0 Å². The normalized spacial score (nSPS) is 18.9. The van der Waals surface area contributed by atoms with Gasteiger partial charge >= 0.3 is 5.97 Å². The molecule has 310 valence electrons. The molecule has 0 aliphatic carbocycles. The molecule has 0 aromatic heterocycles. The molecule has 9 nitrogen and oxygen atoms in total. The zero-order valence-electron chi connectivity index (χ0n) is 33.6. The van der Waals surface area contributed by atoms with Gasteiger partial charge in [-0.2, -0.15) is 0 Å². The molecule has 9 heteroatoms. The van der Waals surface area contributed by atoms with E-state index in [9.17, 15) is 4.79 Å². The number of hydrogen-bond acceptors (Lipinski definition) is 9. The van der Waals surface area contributed by atoms with Gasteiger partial charge < -0.3 is 37.9 Å². The van der Waals surface area contributed by atoms with Gasteiger partial charge in [-0.05, 0) is 39.9 Å². The zero-order valence-corrected chi connectivity index (χ0v) is 33.6. The van der Waals surface area contributed by atoms with Crippen LogP contribution in [-0.4, -0.2) is 62.6 Å². The summed E-state index contributed by atoms with van der Waals surface area (Å²) in [4.78, 5) is 13.4. The third kappa shape index (κ3) is 13.3. The Balaban J connectivity index is 1.20. The maximum atomic E-state index is 13.4. The van der Waals surface area contributed by atoms with Gasteiger partial charge in [-0.25, -0.2) is 4.79 Å².